The first kappa shape index (κ1) is 13.7. The van der Waals surface area contributed by atoms with Crippen LogP contribution in [-0.2, 0) is 6.42 Å². The molecular formula is C15H10Cl3NO. The zero-order valence-corrected chi connectivity index (χ0v) is 12.6. The average molecular weight is 327 g/mol. The lowest BCUT2D eigenvalue weighted by Gasteiger charge is -2.08. The Hall–Kier alpha value is -1.22. The minimum absolute atomic E-state index is 0.266. The minimum Gasteiger partial charge on any atom is -0.441 e. The molecule has 1 heterocycles. The van der Waals surface area contributed by atoms with Crippen LogP contribution < -0.4 is 0 Å². The van der Waals surface area contributed by atoms with Crippen molar-refractivity contribution in [2.75, 3.05) is 0 Å². The fourth-order valence-corrected chi connectivity index (χ4v) is 2.56. The van der Waals surface area contributed by atoms with Crippen LogP contribution in [0.1, 0.15) is 16.8 Å². The summed E-state index contributed by atoms with van der Waals surface area (Å²) in [5, 5.41) is 0.742. The molecule has 0 aliphatic heterocycles. The average Bonchev–Trinajstić information content (AvgIpc) is 2.83. The number of nitrogens with zero attached hydrogens (tertiary/aromatic N) is 1. The van der Waals surface area contributed by atoms with Crippen molar-refractivity contribution in [2.24, 2.45) is 0 Å². The van der Waals surface area contributed by atoms with E-state index >= 15 is 0 Å². The van der Waals surface area contributed by atoms with Gasteiger partial charge in [-0.25, -0.2) is 4.98 Å². The van der Waals surface area contributed by atoms with Crippen molar-refractivity contribution in [2.45, 2.75) is 11.8 Å². The van der Waals surface area contributed by atoms with Crippen molar-refractivity contribution >= 4 is 45.9 Å². The fraction of sp³-hybridized carbons (Fsp3) is 0.133. The molecule has 0 aliphatic carbocycles. The number of hydrogen-bond donors (Lipinski definition) is 0. The van der Waals surface area contributed by atoms with Gasteiger partial charge in [0.05, 0.1) is 15.4 Å². The summed E-state index contributed by atoms with van der Waals surface area (Å²) >= 11 is 18.3. The molecule has 0 spiro atoms. The predicted molar refractivity (Wildman–Crippen MR) is 82.8 cm³/mol. The summed E-state index contributed by atoms with van der Waals surface area (Å²) in [6, 6.07) is 13.0. The quantitative estimate of drug-likeness (QED) is 0.581. The Kier molecular flexibility index (Phi) is 3.88. The van der Waals surface area contributed by atoms with Crippen molar-refractivity contribution in [1.29, 1.82) is 0 Å². The van der Waals surface area contributed by atoms with E-state index in [1.165, 1.54) is 0 Å². The summed E-state index contributed by atoms with van der Waals surface area (Å²) in [4.78, 5) is 4.41. The van der Waals surface area contributed by atoms with Crippen LogP contribution >= 0.6 is 34.8 Å². The van der Waals surface area contributed by atoms with E-state index in [0.717, 1.165) is 16.7 Å². The van der Waals surface area contributed by atoms with Gasteiger partial charge in [-0.2, -0.15) is 0 Å². The number of alkyl halides is 1. The SMILES string of the molecule is Clc1ccc(C(Cl)Cc2nc3ccccc3o2)cc1Cl. The number of aromatic nitrogens is 1. The largest absolute Gasteiger partial charge is 0.441 e. The van der Waals surface area contributed by atoms with E-state index in [1.807, 2.05) is 30.3 Å². The lowest BCUT2D eigenvalue weighted by molar-refractivity contribution is 0.525. The van der Waals surface area contributed by atoms with Gasteiger partial charge in [-0.3, -0.25) is 0 Å². The first-order valence-corrected chi connectivity index (χ1v) is 7.26. The third-order valence-corrected chi connectivity index (χ3v) is 4.14. The minimum atomic E-state index is -0.266. The normalized spacial score (nSPS) is 12.8. The first-order chi connectivity index (χ1) is 9.63. The summed E-state index contributed by atoms with van der Waals surface area (Å²) in [6.45, 7) is 0. The third kappa shape index (κ3) is 2.78. The van der Waals surface area contributed by atoms with Crippen LogP contribution in [0.25, 0.3) is 11.1 Å². The van der Waals surface area contributed by atoms with Gasteiger partial charge in [0.1, 0.15) is 5.52 Å². The number of hydrogen-bond acceptors (Lipinski definition) is 2. The molecular weight excluding hydrogens is 317 g/mol. The molecule has 2 aromatic carbocycles. The molecule has 20 heavy (non-hydrogen) atoms. The summed E-state index contributed by atoms with van der Waals surface area (Å²) in [5.41, 5.74) is 2.49. The molecule has 0 bridgehead atoms. The zero-order valence-electron chi connectivity index (χ0n) is 10.3. The Morgan fingerprint density at radius 2 is 1.85 bits per heavy atom. The standard InChI is InChI=1S/C15H10Cl3NO/c16-10-6-5-9(7-12(10)18)11(17)8-15-19-13-3-1-2-4-14(13)20-15/h1-7,11H,8H2. The van der Waals surface area contributed by atoms with E-state index in [9.17, 15) is 0 Å². The number of halogens is 3. The number of benzene rings is 2. The van der Waals surface area contributed by atoms with E-state index in [1.54, 1.807) is 12.1 Å². The van der Waals surface area contributed by atoms with Gasteiger partial charge in [-0.05, 0) is 29.8 Å². The van der Waals surface area contributed by atoms with Crippen LogP contribution in [0, 0.1) is 0 Å². The van der Waals surface area contributed by atoms with Crippen LogP contribution in [0.2, 0.25) is 10.0 Å². The molecule has 0 saturated carbocycles. The van der Waals surface area contributed by atoms with Crippen LogP contribution in [0.4, 0.5) is 0 Å². The van der Waals surface area contributed by atoms with Gasteiger partial charge >= 0.3 is 0 Å². The van der Waals surface area contributed by atoms with Gasteiger partial charge in [0.25, 0.3) is 0 Å². The van der Waals surface area contributed by atoms with Gasteiger partial charge in [0, 0.05) is 6.42 Å². The van der Waals surface area contributed by atoms with Crippen molar-refractivity contribution in [3.63, 3.8) is 0 Å². The lowest BCUT2D eigenvalue weighted by Crippen LogP contribution is -1.96. The van der Waals surface area contributed by atoms with Crippen LogP contribution in [0.5, 0.6) is 0 Å². The molecule has 2 nitrogen and oxygen atoms in total. The van der Waals surface area contributed by atoms with E-state index in [2.05, 4.69) is 4.98 Å². The molecule has 0 fully saturated rings. The Morgan fingerprint density at radius 3 is 2.60 bits per heavy atom. The predicted octanol–water partition coefficient (Wildman–Crippen LogP) is 5.66. The molecule has 0 amide bonds. The second kappa shape index (κ2) is 5.65. The lowest BCUT2D eigenvalue weighted by atomic mass is 10.1. The molecule has 0 N–H and O–H groups in total. The molecule has 0 saturated heterocycles. The maximum Gasteiger partial charge on any atom is 0.197 e. The van der Waals surface area contributed by atoms with Crippen molar-refractivity contribution in [1.82, 2.24) is 4.98 Å². The smallest absolute Gasteiger partial charge is 0.197 e. The summed E-state index contributed by atoms with van der Waals surface area (Å²) in [5.74, 6) is 0.609. The molecule has 1 aromatic heterocycles. The molecule has 102 valence electrons. The molecule has 0 aliphatic rings. The van der Waals surface area contributed by atoms with Gasteiger partial charge in [0.15, 0.2) is 11.5 Å². The third-order valence-electron chi connectivity index (χ3n) is 3.00. The van der Waals surface area contributed by atoms with E-state index in [-0.39, 0.29) is 5.38 Å². The van der Waals surface area contributed by atoms with Gasteiger partial charge < -0.3 is 4.42 Å². The van der Waals surface area contributed by atoms with Gasteiger partial charge in [-0.15, -0.1) is 11.6 Å². The van der Waals surface area contributed by atoms with E-state index in [0.29, 0.717) is 22.4 Å². The molecule has 1 atom stereocenters. The van der Waals surface area contributed by atoms with Crippen LogP contribution in [-0.4, -0.2) is 4.98 Å². The van der Waals surface area contributed by atoms with Crippen molar-refractivity contribution in [3.8, 4) is 0 Å². The maximum atomic E-state index is 6.39. The maximum absolute atomic E-state index is 6.39. The summed E-state index contributed by atoms with van der Waals surface area (Å²) < 4.78 is 5.66. The zero-order chi connectivity index (χ0) is 14.1. The topological polar surface area (TPSA) is 26.0 Å². The number of oxazole rings is 1. The summed E-state index contributed by atoms with van der Waals surface area (Å²) in [6.07, 6.45) is 0.494. The van der Waals surface area contributed by atoms with Crippen molar-refractivity contribution < 1.29 is 4.42 Å². The van der Waals surface area contributed by atoms with Crippen molar-refractivity contribution in [3.05, 3.63) is 64.0 Å². The second-order valence-electron chi connectivity index (χ2n) is 4.42. The highest BCUT2D eigenvalue weighted by atomic mass is 35.5. The molecule has 0 radical (unpaired) electrons. The molecule has 3 rings (SSSR count). The monoisotopic (exact) mass is 325 g/mol. The Bertz CT molecular complexity index is 721. The van der Waals surface area contributed by atoms with E-state index in [4.69, 9.17) is 39.2 Å². The Morgan fingerprint density at radius 1 is 1.05 bits per heavy atom. The number of para-hydroxylation sites is 2. The molecule has 5 heteroatoms. The molecule has 3 aromatic rings. The van der Waals surface area contributed by atoms with E-state index < -0.39 is 0 Å². The van der Waals surface area contributed by atoms with Crippen LogP contribution in [0.3, 0.4) is 0 Å². The Labute approximate surface area is 131 Å². The first-order valence-electron chi connectivity index (χ1n) is 6.07. The summed E-state index contributed by atoms with van der Waals surface area (Å²) in [7, 11) is 0. The fourth-order valence-electron chi connectivity index (χ4n) is 1.99. The second-order valence-corrected chi connectivity index (χ2v) is 5.76. The highest BCUT2D eigenvalue weighted by Gasteiger charge is 2.14. The highest BCUT2D eigenvalue weighted by Crippen LogP contribution is 2.31. The number of fused-ring (bicyclic) bond motifs is 1. The molecule has 1 unspecified atom stereocenters. The van der Waals surface area contributed by atoms with Gasteiger partial charge in [-0.1, -0.05) is 41.4 Å². The number of rotatable bonds is 3. The Balaban J connectivity index is 1.84. The van der Waals surface area contributed by atoms with Gasteiger partial charge in [0.2, 0.25) is 0 Å². The highest BCUT2D eigenvalue weighted by molar-refractivity contribution is 6.42. The van der Waals surface area contributed by atoms with Crippen LogP contribution in [0.15, 0.2) is 46.9 Å².